The van der Waals surface area contributed by atoms with Gasteiger partial charge in [0.1, 0.15) is 0 Å². The van der Waals surface area contributed by atoms with Gasteiger partial charge in [0.2, 0.25) is 0 Å². The molecule has 0 aromatic heterocycles. The third-order valence-corrected chi connectivity index (χ3v) is 3.47. The molecule has 0 radical (unpaired) electrons. The number of hydrogen-bond donors (Lipinski definition) is 0. The number of benzene rings is 1. The van der Waals surface area contributed by atoms with E-state index in [2.05, 4.69) is 16.9 Å². The second kappa shape index (κ2) is 4.92. The third kappa shape index (κ3) is 2.16. The number of fused-ring (bicyclic) bond motifs is 2. The highest BCUT2D eigenvalue weighted by molar-refractivity contribution is 6.18. The van der Waals surface area contributed by atoms with E-state index in [1.807, 2.05) is 30.3 Å². The number of amides is 1. The van der Waals surface area contributed by atoms with E-state index in [1.165, 1.54) is 12.8 Å². The summed E-state index contributed by atoms with van der Waals surface area (Å²) in [7, 11) is 0. The van der Waals surface area contributed by atoms with Crippen molar-refractivity contribution in [2.45, 2.75) is 32.6 Å². The van der Waals surface area contributed by atoms with Crippen molar-refractivity contribution < 1.29 is 4.79 Å². The number of aliphatic imine (C=N–C) groups is 1. The molecule has 2 aliphatic heterocycles. The van der Waals surface area contributed by atoms with Gasteiger partial charge in [-0.2, -0.15) is 0 Å². The molecular formula is C16H16N2O. The third-order valence-electron chi connectivity index (χ3n) is 3.47. The van der Waals surface area contributed by atoms with Crippen LogP contribution < -0.4 is 10.6 Å². The molecule has 0 saturated heterocycles. The van der Waals surface area contributed by atoms with Gasteiger partial charge in [-0.3, -0.25) is 9.79 Å². The molecule has 1 aromatic carbocycles. The number of hydrogen-bond acceptors (Lipinski definition) is 2. The van der Waals surface area contributed by atoms with Crippen LogP contribution in [0.3, 0.4) is 0 Å². The van der Waals surface area contributed by atoms with Gasteiger partial charge in [0.25, 0.3) is 5.91 Å². The standard InChI is InChI=1S/C16H16N2O/c1-2-3-4-7-11-10-13-15(17-11)12-8-5-6-9-14(12)18-16(13)19/h5-6,8-10H,2-4,7H2,1H3. The predicted molar refractivity (Wildman–Crippen MR) is 75.3 cm³/mol. The van der Waals surface area contributed by atoms with Crippen molar-refractivity contribution in [2.24, 2.45) is 9.98 Å². The smallest absolute Gasteiger partial charge is 0.267 e. The van der Waals surface area contributed by atoms with Gasteiger partial charge >= 0.3 is 0 Å². The average molecular weight is 252 g/mol. The van der Waals surface area contributed by atoms with Crippen LogP contribution in [0.25, 0.3) is 5.70 Å². The number of nitrogens with zero attached hydrogens (tertiary/aromatic N) is 2. The minimum absolute atomic E-state index is 0.164. The molecule has 0 spiro atoms. The summed E-state index contributed by atoms with van der Waals surface area (Å²) >= 11 is 0. The van der Waals surface area contributed by atoms with E-state index in [9.17, 15) is 4.79 Å². The van der Waals surface area contributed by atoms with Gasteiger partial charge in [0, 0.05) is 10.9 Å². The Morgan fingerprint density at radius 1 is 1.11 bits per heavy atom. The van der Waals surface area contributed by atoms with Crippen LogP contribution in [0.2, 0.25) is 0 Å². The summed E-state index contributed by atoms with van der Waals surface area (Å²) in [4.78, 5) is 20.7. The van der Waals surface area contributed by atoms with E-state index in [4.69, 9.17) is 0 Å². The Hall–Kier alpha value is -2.03. The average Bonchev–Trinajstić information content (AvgIpc) is 2.84. The highest BCUT2D eigenvalue weighted by Gasteiger charge is 2.23. The molecule has 3 nitrogen and oxygen atoms in total. The highest BCUT2D eigenvalue weighted by atomic mass is 16.1. The summed E-state index contributed by atoms with van der Waals surface area (Å²) in [5, 5.41) is 1.71. The quantitative estimate of drug-likeness (QED) is 0.755. The van der Waals surface area contributed by atoms with Crippen LogP contribution in [-0.2, 0) is 4.79 Å². The van der Waals surface area contributed by atoms with E-state index in [-0.39, 0.29) is 5.91 Å². The van der Waals surface area contributed by atoms with Crippen LogP contribution in [0.15, 0.2) is 45.9 Å². The van der Waals surface area contributed by atoms with Crippen molar-refractivity contribution in [2.75, 3.05) is 0 Å². The Morgan fingerprint density at radius 2 is 1.95 bits per heavy atom. The molecule has 19 heavy (non-hydrogen) atoms. The molecule has 0 atom stereocenters. The van der Waals surface area contributed by atoms with Crippen molar-refractivity contribution >= 4 is 17.3 Å². The molecule has 96 valence electrons. The molecule has 1 amide bonds. The monoisotopic (exact) mass is 252 g/mol. The summed E-state index contributed by atoms with van der Waals surface area (Å²) < 4.78 is 0. The van der Waals surface area contributed by atoms with E-state index >= 15 is 0 Å². The van der Waals surface area contributed by atoms with Gasteiger partial charge in [0.05, 0.1) is 16.6 Å². The molecule has 0 aliphatic carbocycles. The molecule has 0 saturated carbocycles. The van der Waals surface area contributed by atoms with Crippen LogP contribution in [-0.4, -0.2) is 11.6 Å². The fraction of sp³-hybridized carbons (Fsp3) is 0.312. The topological polar surface area (TPSA) is 41.8 Å². The molecule has 0 unspecified atom stereocenters. The van der Waals surface area contributed by atoms with Gasteiger partial charge in [-0.05, 0) is 25.0 Å². The van der Waals surface area contributed by atoms with Crippen LogP contribution in [0.1, 0.15) is 32.6 Å². The molecule has 0 bridgehead atoms. The zero-order valence-electron chi connectivity index (χ0n) is 11.0. The zero-order valence-corrected chi connectivity index (χ0v) is 11.0. The Bertz CT molecular complexity index is 711. The molecule has 0 N–H and O–H groups in total. The highest BCUT2D eigenvalue weighted by Crippen LogP contribution is 2.23. The molecule has 0 fully saturated rings. The Balaban J connectivity index is 2.03. The summed E-state index contributed by atoms with van der Waals surface area (Å²) in [5.74, 6) is -0.164. The van der Waals surface area contributed by atoms with E-state index < -0.39 is 0 Å². The minimum atomic E-state index is -0.164. The molecule has 1 aromatic rings. The van der Waals surface area contributed by atoms with Crippen molar-refractivity contribution in [1.82, 2.24) is 0 Å². The Labute approximate surface area is 112 Å². The van der Waals surface area contributed by atoms with Crippen LogP contribution in [0.5, 0.6) is 0 Å². The lowest BCUT2D eigenvalue weighted by molar-refractivity contribution is -0.114. The SMILES string of the molecule is CCCCCC1=NC2=c3ccccc3=NC(=O)C2=C1. The summed E-state index contributed by atoms with van der Waals surface area (Å²) in [6.45, 7) is 2.18. The lowest BCUT2D eigenvalue weighted by Gasteiger charge is -2.04. The van der Waals surface area contributed by atoms with E-state index in [0.29, 0.717) is 5.57 Å². The zero-order chi connectivity index (χ0) is 13.2. The van der Waals surface area contributed by atoms with Crippen molar-refractivity contribution in [3.8, 4) is 0 Å². The maximum Gasteiger partial charge on any atom is 0.279 e. The number of unbranched alkanes of at least 4 members (excludes halogenated alkanes) is 2. The Morgan fingerprint density at radius 3 is 2.79 bits per heavy atom. The molecular weight excluding hydrogens is 236 g/mol. The first-order valence-electron chi connectivity index (χ1n) is 6.81. The van der Waals surface area contributed by atoms with Crippen molar-refractivity contribution in [3.05, 3.63) is 46.5 Å². The van der Waals surface area contributed by atoms with E-state index in [1.54, 1.807) is 0 Å². The van der Waals surface area contributed by atoms with Crippen LogP contribution in [0, 0.1) is 0 Å². The second-order valence-electron chi connectivity index (χ2n) is 4.90. The predicted octanol–water partition coefficient (Wildman–Crippen LogP) is 1.92. The normalized spacial score (nSPS) is 16.5. The summed E-state index contributed by atoms with van der Waals surface area (Å²) in [6.07, 6.45) is 6.37. The lowest BCUT2D eigenvalue weighted by Crippen LogP contribution is -2.32. The Kier molecular flexibility index (Phi) is 3.11. The summed E-state index contributed by atoms with van der Waals surface area (Å²) in [6, 6.07) is 7.69. The maximum atomic E-state index is 12.0. The first-order valence-corrected chi connectivity index (χ1v) is 6.81. The molecule has 3 rings (SSSR count). The number of carbonyl (C=O) groups is 1. The fourth-order valence-electron chi connectivity index (χ4n) is 2.46. The van der Waals surface area contributed by atoms with Crippen LogP contribution in [0.4, 0.5) is 0 Å². The van der Waals surface area contributed by atoms with E-state index in [0.717, 1.165) is 34.8 Å². The largest absolute Gasteiger partial charge is 0.279 e. The fourth-order valence-corrected chi connectivity index (χ4v) is 2.46. The lowest BCUT2D eigenvalue weighted by atomic mass is 10.1. The molecule has 3 heteroatoms. The number of carbonyl (C=O) groups excluding carboxylic acids is 1. The van der Waals surface area contributed by atoms with Crippen molar-refractivity contribution in [3.63, 3.8) is 0 Å². The number of allylic oxidation sites excluding steroid dienone is 1. The van der Waals surface area contributed by atoms with Crippen LogP contribution >= 0.6 is 0 Å². The first-order chi connectivity index (χ1) is 9.29. The summed E-state index contributed by atoms with van der Waals surface area (Å²) in [5.41, 5.74) is 2.48. The second-order valence-corrected chi connectivity index (χ2v) is 4.90. The molecule has 2 aliphatic rings. The minimum Gasteiger partial charge on any atom is -0.267 e. The first kappa shape index (κ1) is 12.0. The van der Waals surface area contributed by atoms with Gasteiger partial charge in [-0.1, -0.05) is 38.0 Å². The number of para-hydroxylation sites is 1. The van der Waals surface area contributed by atoms with Gasteiger partial charge in [0.15, 0.2) is 0 Å². The van der Waals surface area contributed by atoms with Gasteiger partial charge in [-0.25, -0.2) is 4.99 Å². The van der Waals surface area contributed by atoms with Crippen molar-refractivity contribution in [1.29, 1.82) is 0 Å². The molecule has 2 heterocycles. The van der Waals surface area contributed by atoms with Gasteiger partial charge in [-0.15, -0.1) is 0 Å². The number of rotatable bonds is 4. The maximum absolute atomic E-state index is 12.0. The van der Waals surface area contributed by atoms with Gasteiger partial charge < -0.3 is 0 Å².